The molecule has 2 heterocycles. The minimum Gasteiger partial charge on any atom is -0.325 e. The van der Waals surface area contributed by atoms with Crippen LogP contribution in [0.15, 0.2) is 0 Å². The van der Waals surface area contributed by atoms with Crippen LogP contribution < -0.4 is 0 Å². The van der Waals surface area contributed by atoms with Crippen LogP contribution in [0, 0.1) is 0 Å². The quantitative estimate of drug-likeness (QED) is 0.389. The molecule has 0 aromatic rings. The summed E-state index contributed by atoms with van der Waals surface area (Å²) in [5.74, 6) is 0.611. The van der Waals surface area contributed by atoms with Gasteiger partial charge < -0.3 is 4.90 Å². The van der Waals surface area contributed by atoms with Gasteiger partial charge in [0.2, 0.25) is 16.2 Å². The molecule has 1 amide bonds. The summed E-state index contributed by atoms with van der Waals surface area (Å²) in [4.78, 5) is 13.0. The SMILES string of the molecule is O=C1C[C@H]2SCC(=S(=O)=O)CN12. The van der Waals surface area contributed by atoms with Crippen molar-refractivity contribution in [1.82, 2.24) is 4.90 Å². The summed E-state index contributed by atoms with van der Waals surface area (Å²) >= 11 is 1.53. The molecule has 0 radical (unpaired) electrons. The standard InChI is InChI=1S/C6H7NO3S2/c8-5-1-6-7(5)2-4(3-11-6)12(9)10/h6H,1-3H2/t6-/m1/s1. The number of fused-ring (bicyclic) bond motifs is 1. The van der Waals surface area contributed by atoms with Crippen LogP contribution in [0.2, 0.25) is 0 Å². The lowest BCUT2D eigenvalue weighted by atomic mass is 10.2. The van der Waals surface area contributed by atoms with Gasteiger partial charge in [-0.1, -0.05) is 0 Å². The third kappa shape index (κ3) is 1.15. The number of β-lactam (4-membered cyclic amide) rings is 1. The summed E-state index contributed by atoms with van der Waals surface area (Å²) in [5, 5.41) is 0.241. The monoisotopic (exact) mass is 205 g/mol. The Morgan fingerprint density at radius 3 is 2.83 bits per heavy atom. The van der Waals surface area contributed by atoms with Crippen molar-refractivity contribution >= 4 is 32.8 Å². The molecule has 2 aliphatic heterocycles. The largest absolute Gasteiger partial charge is 0.325 e. The van der Waals surface area contributed by atoms with E-state index in [2.05, 4.69) is 0 Å². The third-order valence-corrected chi connectivity index (χ3v) is 4.28. The second kappa shape index (κ2) is 2.77. The molecule has 2 rings (SSSR count). The smallest absolute Gasteiger partial charge is 0.226 e. The van der Waals surface area contributed by atoms with E-state index in [0.29, 0.717) is 23.6 Å². The molecule has 0 saturated carbocycles. The number of hydrogen-bond acceptors (Lipinski definition) is 4. The van der Waals surface area contributed by atoms with E-state index in [4.69, 9.17) is 0 Å². The van der Waals surface area contributed by atoms with Crippen LogP contribution in [-0.4, -0.2) is 41.8 Å². The maximum Gasteiger partial charge on any atom is 0.226 e. The molecule has 4 nitrogen and oxygen atoms in total. The first-order chi connectivity index (χ1) is 5.68. The van der Waals surface area contributed by atoms with Crippen molar-refractivity contribution in [3.05, 3.63) is 0 Å². The first-order valence-corrected chi connectivity index (χ1v) is 5.66. The molecule has 0 N–H and O–H groups in total. The predicted molar refractivity (Wildman–Crippen MR) is 46.5 cm³/mol. The van der Waals surface area contributed by atoms with E-state index < -0.39 is 10.3 Å². The Labute approximate surface area is 75.5 Å². The Morgan fingerprint density at radius 2 is 2.25 bits per heavy atom. The average Bonchev–Trinajstić information content (AvgIpc) is 2.02. The van der Waals surface area contributed by atoms with Crippen LogP contribution in [0.5, 0.6) is 0 Å². The molecule has 0 aliphatic carbocycles. The van der Waals surface area contributed by atoms with Crippen LogP contribution in [0.1, 0.15) is 6.42 Å². The van der Waals surface area contributed by atoms with Gasteiger partial charge in [-0.05, 0) is 0 Å². The maximum absolute atomic E-state index is 10.9. The fourth-order valence-electron chi connectivity index (χ4n) is 1.29. The Balaban J connectivity index is 2.20. The fourth-order valence-corrected chi connectivity index (χ4v) is 3.23. The second-order valence-electron chi connectivity index (χ2n) is 2.76. The topological polar surface area (TPSA) is 54.5 Å². The first kappa shape index (κ1) is 8.12. The summed E-state index contributed by atoms with van der Waals surface area (Å²) in [5.41, 5.74) is 0. The van der Waals surface area contributed by atoms with Crippen molar-refractivity contribution in [2.24, 2.45) is 0 Å². The van der Waals surface area contributed by atoms with Crippen LogP contribution >= 0.6 is 11.8 Å². The van der Waals surface area contributed by atoms with Crippen LogP contribution in [-0.2, 0) is 15.1 Å². The summed E-state index contributed by atoms with van der Waals surface area (Å²) in [7, 11) is -2.12. The Hall–Kier alpha value is -0.490. The lowest BCUT2D eigenvalue weighted by Gasteiger charge is -2.42. The molecule has 0 aromatic heterocycles. The molecule has 2 fully saturated rings. The fraction of sp³-hybridized carbons (Fsp3) is 0.667. The molecular weight excluding hydrogens is 198 g/mol. The van der Waals surface area contributed by atoms with Crippen LogP contribution in [0.25, 0.3) is 0 Å². The van der Waals surface area contributed by atoms with Crippen LogP contribution in [0.3, 0.4) is 0 Å². The Bertz CT molecular complexity index is 351. The highest BCUT2D eigenvalue weighted by Crippen LogP contribution is 2.32. The lowest BCUT2D eigenvalue weighted by Crippen LogP contribution is -2.56. The molecule has 0 unspecified atom stereocenters. The molecule has 6 heteroatoms. The molecule has 66 valence electrons. The number of hydrogen-bond donors (Lipinski definition) is 0. The van der Waals surface area contributed by atoms with Gasteiger partial charge >= 0.3 is 0 Å². The van der Waals surface area contributed by atoms with E-state index >= 15 is 0 Å². The van der Waals surface area contributed by atoms with Gasteiger partial charge in [0.05, 0.1) is 23.2 Å². The molecule has 2 saturated heterocycles. The zero-order valence-electron chi connectivity index (χ0n) is 6.19. The van der Waals surface area contributed by atoms with Gasteiger partial charge in [-0.25, -0.2) is 0 Å². The summed E-state index contributed by atoms with van der Waals surface area (Å²) < 4.78 is 21.1. The highest BCUT2D eigenvalue weighted by molar-refractivity contribution is 8.01. The molecule has 0 bridgehead atoms. The van der Waals surface area contributed by atoms with Gasteiger partial charge in [-0.2, -0.15) is 8.42 Å². The highest BCUT2D eigenvalue weighted by Gasteiger charge is 2.40. The van der Waals surface area contributed by atoms with Crippen molar-refractivity contribution in [3.63, 3.8) is 0 Å². The van der Waals surface area contributed by atoms with Crippen molar-refractivity contribution in [2.45, 2.75) is 11.8 Å². The van der Waals surface area contributed by atoms with E-state index in [-0.39, 0.29) is 11.3 Å². The summed E-state index contributed by atoms with van der Waals surface area (Å²) in [6.45, 7) is 0.312. The average molecular weight is 205 g/mol. The number of carbonyl (C=O) groups is 1. The minimum absolute atomic E-state index is 0.0650. The van der Waals surface area contributed by atoms with Crippen molar-refractivity contribution in [1.29, 1.82) is 0 Å². The van der Waals surface area contributed by atoms with E-state index in [1.807, 2.05) is 0 Å². The van der Waals surface area contributed by atoms with Crippen molar-refractivity contribution in [2.75, 3.05) is 12.3 Å². The van der Waals surface area contributed by atoms with E-state index in [9.17, 15) is 13.2 Å². The van der Waals surface area contributed by atoms with E-state index in [0.717, 1.165) is 0 Å². The number of rotatable bonds is 0. The van der Waals surface area contributed by atoms with Gasteiger partial charge in [0, 0.05) is 5.75 Å². The molecule has 2 aliphatic rings. The number of thioether (sulfide) groups is 1. The first-order valence-electron chi connectivity index (χ1n) is 3.53. The Morgan fingerprint density at radius 1 is 1.50 bits per heavy atom. The predicted octanol–water partition coefficient (Wildman–Crippen LogP) is -0.657. The molecule has 0 spiro atoms. The summed E-state index contributed by atoms with van der Waals surface area (Å²) in [6, 6.07) is 0. The molecule has 0 aromatic carbocycles. The lowest BCUT2D eigenvalue weighted by molar-refractivity contribution is -0.140. The van der Waals surface area contributed by atoms with Gasteiger partial charge in [0.1, 0.15) is 0 Å². The molecule has 12 heavy (non-hydrogen) atoms. The Kier molecular flexibility index (Phi) is 1.88. The normalized spacial score (nSPS) is 28.0. The third-order valence-electron chi connectivity index (χ3n) is 2.04. The summed E-state index contributed by atoms with van der Waals surface area (Å²) in [6.07, 6.45) is 0.573. The van der Waals surface area contributed by atoms with E-state index in [1.54, 1.807) is 4.90 Å². The minimum atomic E-state index is -2.12. The number of nitrogens with zero attached hydrogens (tertiary/aromatic N) is 1. The maximum atomic E-state index is 10.9. The van der Waals surface area contributed by atoms with Crippen molar-refractivity contribution < 1.29 is 13.2 Å². The van der Waals surface area contributed by atoms with Crippen LogP contribution in [0.4, 0.5) is 0 Å². The molecule has 1 atom stereocenters. The molecular formula is C6H7NO3S2. The second-order valence-corrected chi connectivity index (χ2v) is 4.98. The van der Waals surface area contributed by atoms with E-state index in [1.165, 1.54) is 11.8 Å². The van der Waals surface area contributed by atoms with Gasteiger partial charge in [-0.3, -0.25) is 4.79 Å². The number of carbonyl (C=O) groups excluding carboxylic acids is 1. The van der Waals surface area contributed by atoms with Crippen molar-refractivity contribution in [3.8, 4) is 0 Å². The van der Waals surface area contributed by atoms with Gasteiger partial charge in [0.25, 0.3) is 0 Å². The highest BCUT2D eigenvalue weighted by atomic mass is 32.2. The zero-order chi connectivity index (χ0) is 8.72. The van der Waals surface area contributed by atoms with Gasteiger partial charge in [-0.15, -0.1) is 11.8 Å². The zero-order valence-corrected chi connectivity index (χ0v) is 7.82. The number of amides is 1. The van der Waals surface area contributed by atoms with Gasteiger partial charge in [0.15, 0.2) is 0 Å².